The molecule has 0 atom stereocenters. The fraction of sp³-hybridized carbons (Fsp3) is 0.300. The summed E-state index contributed by atoms with van der Waals surface area (Å²) in [5, 5.41) is 11.4. The van der Waals surface area contributed by atoms with Crippen LogP contribution in [0.25, 0.3) is 0 Å². The van der Waals surface area contributed by atoms with E-state index in [9.17, 15) is 8.78 Å². The number of nitrogens with zero attached hydrogens (tertiary/aromatic N) is 1. The highest BCUT2D eigenvalue weighted by Gasteiger charge is 2.11. The van der Waals surface area contributed by atoms with Crippen molar-refractivity contribution < 1.29 is 18.7 Å². The van der Waals surface area contributed by atoms with Crippen molar-refractivity contribution in [3.63, 3.8) is 0 Å². The lowest BCUT2D eigenvalue weighted by atomic mass is 10.1. The molecule has 16 heavy (non-hydrogen) atoms. The number of ether oxygens (including phenoxy) is 1. The molecule has 0 unspecified atom stereocenters. The van der Waals surface area contributed by atoms with Gasteiger partial charge in [-0.3, -0.25) is 0 Å². The van der Waals surface area contributed by atoms with Gasteiger partial charge >= 0.3 is 0 Å². The van der Waals surface area contributed by atoms with E-state index in [0.29, 0.717) is 5.56 Å². The lowest BCUT2D eigenvalue weighted by Gasteiger charge is -2.10. The molecular weight excluding hydrogens is 218 g/mol. The molecule has 0 bridgehead atoms. The van der Waals surface area contributed by atoms with Crippen LogP contribution in [0.2, 0.25) is 0 Å². The average molecular weight is 230 g/mol. The molecule has 0 aliphatic heterocycles. The quantitative estimate of drug-likeness (QED) is 0.358. The van der Waals surface area contributed by atoms with Crippen LogP contribution in [0.3, 0.4) is 0 Å². The first kappa shape index (κ1) is 12.2. The van der Waals surface area contributed by atoms with Gasteiger partial charge in [-0.1, -0.05) is 16.8 Å². The second-order valence-electron chi connectivity index (χ2n) is 3.19. The predicted octanol–water partition coefficient (Wildman–Crippen LogP) is 1.73. The smallest absolute Gasteiger partial charge is 0.272 e. The zero-order valence-electron chi connectivity index (χ0n) is 8.65. The van der Waals surface area contributed by atoms with Crippen LogP contribution in [-0.2, 0) is 0 Å². The molecule has 1 aromatic carbocycles. The van der Waals surface area contributed by atoms with Crippen molar-refractivity contribution in [3.8, 4) is 5.75 Å². The fourth-order valence-electron chi connectivity index (χ4n) is 1.18. The highest BCUT2D eigenvalue weighted by atomic mass is 19.3. The highest BCUT2D eigenvalue weighted by Crippen LogP contribution is 2.20. The van der Waals surface area contributed by atoms with Gasteiger partial charge in [0.15, 0.2) is 5.84 Å². The van der Waals surface area contributed by atoms with Crippen LogP contribution < -0.4 is 10.5 Å². The third-order valence-corrected chi connectivity index (χ3v) is 1.88. The molecule has 0 aliphatic carbocycles. The molecule has 0 aliphatic rings. The number of nitrogens with two attached hydrogens (primary N) is 1. The Bertz CT molecular complexity index is 394. The van der Waals surface area contributed by atoms with Gasteiger partial charge in [0.1, 0.15) is 12.4 Å². The van der Waals surface area contributed by atoms with Crippen molar-refractivity contribution in [2.24, 2.45) is 10.9 Å². The van der Waals surface area contributed by atoms with Gasteiger partial charge in [0.25, 0.3) is 6.43 Å². The summed E-state index contributed by atoms with van der Waals surface area (Å²) in [6.45, 7) is 1.07. The first-order valence-electron chi connectivity index (χ1n) is 4.54. The first-order valence-corrected chi connectivity index (χ1v) is 4.54. The number of hydrogen-bond donors (Lipinski definition) is 2. The second kappa shape index (κ2) is 5.29. The molecule has 0 aromatic heterocycles. The van der Waals surface area contributed by atoms with Crippen LogP contribution in [0.5, 0.6) is 5.75 Å². The van der Waals surface area contributed by atoms with Crippen LogP contribution >= 0.6 is 0 Å². The van der Waals surface area contributed by atoms with E-state index < -0.39 is 13.0 Å². The van der Waals surface area contributed by atoms with E-state index in [1.54, 1.807) is 19.1 Å². The normalized spacial score (nSPS) is 11.9. The van der Waals surface area contributed by atoms with Crippen LogP contribution in [-0.4, -0.2) is 24.1 Å². The summed E-state index contributed by atoms with van der Waals surface area (Å²) in [5.41, 5.74) is 6.55. The van der Waals surface area contributed by atoms with Crippen molar-refractivity contribution in [1.29, 1.82) is 0 Å². The van der Waals surface area contributed by atoms with E-state index in [1.807, 2.05) is 0 Å². The van der Waals surface area contributed by atoms with Gasteiger partial charge in [-0.25, -0.2) is 8.78 Å². The van der Waals surface area contributed by atoms with E-state index in [1.165, 1.54) is 6.07 Å². The molecular formula is C10H12F2N2O2. The van der Waals surface area contributed by atoms with E-state index in [-0.39, 0.29) is 11.6 Å². The van der Waals surface area contributed by atoms with Crippen LogP contribution in [0.15, 0.2) is 23.4 Å². The third kappa shape index (κ3) is 3.08. The van der Waals surface area contributed by atoms with Crippen LogP contribution in [0.4, 0.5) is 8.78 Å². The summed E-state index contributed by atoms with van der Waals surface area (Å²) in [6.07, 6.45) is -2.57. The number of benzene rings is 1. The van der Waals surface area contributed by atoms with Crippen LogP contribution in [0.1, 0.15) is 11.1 Å². The molecule has 0 heterocycles. The molecule has 0 amide bonds. The Balaban J connectivity index is 2.98. The van der Waals surface area contributed by atoms with Gasteiger partial charge in [-0.2, -0.15) is 0 Å². The molecule has 0 radical (unpaired) electrons. The molecule has 0 saturated carbocycles. The predicted molar refractivity (Wildman–Crippen MR) is 55.2 cm³/mol. The maximum absolute atomic E-state index is 12.0. The van der Waals surface area contributed by atoms with Gasteiger partial charge < -0.3 is 15.7 Å². The number of aryl methyl sites for hydroxylation is 1. The largest absolute Gasteiger partial charge is 0.487 e. The average Bonchev–Trinajstić information content (AvgIpc) is 2.26. The molecule has 3 N–H and O–H groups in total. The number of alkyl halides is 2. The summed E-state index contributed by atoms with van der Waals surface area (Å²) in [4.78, 5) is 0. The number of rotatable bonds is 4. The van der Waals surface area contributed by atoms with Gasteiger partial charge in [0.2, 0.25) is 0 Å². The van der Waals surface area contributed by atoms with Crippen molar-refractivity contribution in [3.05, 3.63) is 29.3 Å². The fourth-order valence-corrected chi connectivity index (χ4v) is 1.18. The zero-order valence-corrected chi connectivity index (χ0v) is 8.65. The number of halogens is 2. The SMILES string of the molecule is Cc1ccc(OCC(F)F)c(/C(N)=N/O)c1. The molecule has 1 aromatic rings. The summed E-state index contributed by atoms with van der Waals surface area (Å²) in [6, 6.07) is 4.79. The zero-order chi connectivity index (χ0) is 12.1. The number of hydrogen-bond acceptors (Lipinski definition) is 3. The maximum Gasteiger partial charge on any atom is 0.272 e. The first-order chi connectivity index (χ1) is 7.54. The Hall–Kier alpha value is -1.85. The summed E-state index contributed by atoms with van der Waals surface area (Å²) in [5.74, 6) is -0.00540. The van der Waals surface area contributed by atoms with Crippen molar-refractivity contribution in [2.75, 3.05) is 6.61 Å². The Morgan fingerprint density at radius 2 is 2.25 bits per heavy atom. The minimum atomic E-state index is -2.57. The molecule has 6 heteroatoms. The number of amidine groups is 1. The van der Waals surface area contributed by atoms with E-state index in [2.05, 4.69) is 5.16 Å². The Kier molecular flexibility index (Phi) is 4.04. The summed E-state index contributed by atoms with van der Waals surface area (Å²) < 4.78 is 28.8. The topological polar surface area (TPSA) is 67.8 Å². The van der Waals surface area contributed by atoms with Crippen LogP contribution in [0, 0.1) is 6.92 Å². The van der Waals surface area contributed by atoms with E-state index in [4.69, 9.17) is 15.7 Å². The van der Waals surface area contributed by atoms with Crippen molar-refractivity contribution in [2.45, 2.75) is 13.3 Å². The second-order valence-corrected chi connectivity index (χ2v) is 3.19. The Morgan fingerprint density at radius 1 is 1.56 bits per heavy atom. The minimum Gasteiger partial charge on any atom is -0.487 e. The molecule has 0 spiro atoms. The van der Waals surface area contributed by atoms with Crippen molar-refractivity contribution >= 4 is 5.84 Å². The number of oxime groups is 1. The summed E-state index contributed by atoms with van der Waals surface area (Å²) >= 11 is 0. The molecule has 1 rings (SSSR count). The van der Waals surface area contributed by atoms with Gasteiger partial charge in [-0.15, -0.1) is 0 Å². The lowest BCUT2D eigenvalue weighted by molar-refractivity contribution is 0.0818. The van der Waals surface area contributed by atoms with Gasteiger partial charge in [0, 0.05) is 0 Å². The Labute approximate surface area is 91.3 Å². The summed E-state index contributed by atoms with van der Waals surface area (Å²) in [7, 11) is 0. The molecule has 4 nitrogen and oxygen atoms in total. The third-order valence-electron chi connectivity index (χ3n) is 1.88. The Morgan fingerprint density at radius 3 is 2.81 bits per heavy atom. The lowest BCUT2D eigenvalue weighted by Crippen LogP contribution is -2.16. The molecule has 0 saturated heterocycles. The van der Waals surface area contributed by atoms with Crippen molar-refractivity contribution in [1.82, 2.24) is 0 Å². The van der Waals surface area contributed by atoms with E-state index >= 15 is 0 Å². The van der Waals surface area contributed by atoms with Gasteiger partial charge in [-0.05, 0) is 19.1 Å². The standard InChI is InChI=1S/C10H12F2N2O2/c1-6-2-3-8(16-5-9(11)12)7(4-6)10(13)14-15/h2-4,9,15H,5H2,1H3,(H2,13,14). The monoisotopic (exact) mass is 230 g/mol. The molecule has 88 valence electrons. The van der Waals surface area contributed by atoms with Gasteiger partial charge in [0.05, 0.1) is 5.56 Å². The molecule has 0 fully saturated rings. The van der Waals surface area contributed by atoms with E-state index in [0.717, 1.165) is 5.56 Å². The maximum atomic E-state index is 12.0. The minimum absolute atomic E-state index is 0.168. The highest BCUT2D eigenvalue weighted by molar-refractivity contribution is 5.99.